The van der Waals surface area contributed by atoms with Gasteiger partial charge in [-0.05, 0) is 49.9 Å². The molecule has 2 aliphatic rings. The fraction of sp³-hybridized carbons (Fsp3) is 0.562. The lowest BCUT2D eigenvalue weighted by Crippen LogP contribution is -2.27. The molecular weight excluding hydrogens is 288 g/mol. The fourth-order valence-electron chi connectivity index (χ4n) is 3.41. The number of hydrogen-bond donors (Lipinski definition) is 1. The van der Waals surface area contributed by atoms with E-state index in [1.807, 2.05) is 0 Å². The van der Waals surface area contributed by atoms with Gasteiger partial charge in [0.15, 0.2) is 0 Å². The zero-order valence-corrected chi connectivity index (χ0v) is 12.7. The zero-order valence-electron chi connectivity index (χ0n) is 11.9. The normalized spacial score (nSPS) is 25.2. The Balaban J connectivity index is 1.60. The third-order valence-electron chi connectivity index (χ3n) is 4.55. The second-order valence-corrected chi connectivity index (χ2v) is 7.51. The molecule has 1 saturated carbocycles. The van der Waals surface area contributed by atoms with Gasteiger partial charge in [0.1, 0.15) is 0 Å². The standard InChI is InChI=1S/C16H20O4S/c17-15(18)12-3-5-14(6-4-12)21(19)11-13-7-10-16(20-13)8-1-2-9-16/h3-6,13H,1-2,7-11H2,(H,17,18). The molecule has 114 valence electrons. The smallest absolute Gasteiger partial charge is 0.335 e. The molecule has 0 amide bonds. The largest absolute Gasteiger partial charge is 0.478 e. The minimum atomic E-state index is -1.13. The number of aromatic carboxylic acids is 1. The summed E-state index contributed by atoms with van der Waals surface area (Å²) in [5.41, 5.74) is 0.292. The van der Waals surface area contributed by atoms with Crippen molar-refractivity contribution >= 4 is 16.8 Å². The van der Waals surface area contributed by atoms with E-state index in [0.29, 0.717) is 10.6 Å². The predicted octanol–water partition coefficient (Wildman–Crippen LogP) is 2.98. The molecule has 2 unspecified atom stereocenters. The van der Waals surface area contributed by atoms with Crippen LogP contribution in [0.3, 0.4) is 0 Å². The van der Waals surface area contributed by atoms with Gasteiger partial charge in [0.05, 0.1) is 33.8 Å². The van der Waals surface area contributed by atoms with E-state index < -0.39 is 16.8 Å². The summed E-state index contributed by atoms with van der Waals surface area (Å²) < 4.78 is 18.5. The van der Waals surface area contributed by atoms with Crippen molar-refractivity contribution in [2.75, 3.05) is 5.75 Å². The Bertz CT molecular complexity index is 546. The summed E-state index contributed by atoms with van der Waals surface area (Å²) in [6, 6.07) is 6.28. The molecule has 0 radical (unpaired) electrons. The number of ether oxygens (including phenoxy) is 1. The molecule has 4 nitrogen and oxygen atoms in total. The fourth-order valence-corrected chi connectivity index (χ4v) is 4.62. The Morgan fingerprint density at radius 1 is 1.24 bits per heavy atom. The van der Waals surface area contributed by atoms with Gasteiger partial charge in [0.25, 0.3) is 0 Å². The van der Waals surface area contributed by atoms with Crippen LogP contribution in [0, 0.1) is 0 Å². The molecule has 1 aliphatic heterocycles. The summed E-state index contributed by atoms with van der Waals surface area (Å²) in [4.78, 5) is 11.5. The summed E-state index contributed by atoms with van der Waals surface area (Å²) in [5, 5.41) is 8.87. The molecule has 0 bridgehead atoms. The Kier molecular flexibility index (Phi) is 4.13. The second-order valence-electron chi connectivity index (χ2n) is 6.01. The van der Waals surface area contributed by atoms with E-state index in [1.54, 1.807) is 12.1 Å². The number of carbonyl (C=O) groups is 1. The van der Waals surface area contributed by atoms with Gasteiger partial charge in [0.2, 0.25) is 0 Å². The van der Waals surface area contributed by atoms with Crippen LogP contribution in [0.25, 0.3) is 0 Å². The molecule has 0 aromatic heterocycles. The summed E-state index contributed by atoms with van der Waals surface area (Å²) >= 11 is 0. The molecule has 1 aliphatic carbocycles. The summed E-state index contributed by atoms with van der Waals surface area (Å²) in [6.07, 6.45) is 6.92. The predicted molar refractivity (Wildman–Crippen MR) is 80.0 cm³/mol. The van der Waals surface area contributed by atoms with Crippen LogP contribution in [0.5, 0.6) is 0 Å². The Labute approximate surface area is 127 Å². The molecule has 1 N–H and O–H groups in total. The maximum atomic E-state index is 12.4. The van der Waals surface area contributed by atoms with Gasteiger partial charge in [-0.2, -0.15) is 0 Å². The molecule has 1 saturated heterocycles. The van der Waals surface area contributed by atoms with E-state index in [2.05, 4.69) is 0 Å². The van der Waals surface area contributed by atoms with Crippen molar-refractivity contribution in [1.82, 2.24) is 0 Å². The summed E-state index contributed by atoms with van der Waals surface area (Å²) in [5.74, 6) is -0.455. The van der Waals surface area contributed by atoms with Crippen molar-refractivity contribution in [3.05, 3.63) is 29.8 Å². The lowest BCUT2D eigenvalue weighted by Gasteiger charge is -2.23. The molecular formula is C16H20O4S. The van der Waals surface area contributed by atoms with E-state index in [1.165, 1.54) is 25.0 Å². The lowest BCUT2D eigenvalue weighted by atomic mass is 9.98. The molecule has 1 spiro atoms. The number of hydrogen-bond acceptors (Lipinski definition) is 3. The average molecular weight is 308 g/mol. The number of carboxylic acid groups (broad SMARTS) is 1. The Morgan fingerprint density at radius 2 is 1.90 bits per heavy atom. The van der Waals surface area contributed by atoms with Crippen LogP contribution in [0.2, 0.25) is 0 Å². The molecule has 2 atom stereocenters. The first-order valence-corrected chi connectivity index (χ1v) is 8.79. The quantitative estimate of drug-likeness (QED) is 0.929. The minimum Gasteiger partial charge on any atom is -0.478 e. The van der Waals surface area contributed by atoms with Crippen LogP contribution in [-0.2, 0) is 15.5 Å². The van der Waals surface area contributed by atoms with Crippen molar-refractivity contribution in [3.8, 4) is 0 Å². The zero-order chi connectivity index (χ0) is 14.9. The van der Waals surface area contributed by atoms with Crippen molar-refractivity contribution in [2.45, 2.75) is 55.1 Å². The SMILES string of the molecule is O=C(O)c1ccc(S(=O)CC2CCC3(CCCC3)O2)cc1. The van der Waals surface area contributed by atoms with Crippen LogP contribution in [-0.4, -0.2) is 32.7 Å². The van der Waals surface area contributed by atoms with E-state index >= 15 is 0 Å². The van der Waals surface area contributed by atoms with Crippen LogP contribution >= 0.6 is 0 Å². The number of rotatable bonds is 4. The van der Waals surface area contributed by atoms with E-state index in [4.69, 9.17) is 9.84 Å². The van der Waals surface area contributed by atoms with Gasteiger partial charge in [-0.1, -0.05) is 12.8 Å². The molecule has 1 aromatic rings. The lowest BCUT2D eigenvalue weighted by molar-refractivity contribution is -0.0270. The summed E-state index contributed by atoms with van der Waals surface area (Å²) in [7, 11) is -1.13. The maximum Gasteiger partial charge on any atom is 0.335 e. The third-order valence-corrected chi connectivity index (χ3v) is 6.03. The van der Waals surface area contributed by atoms with Crippen molar-refractivity contribution < 1.29 is 18.8 Å². The molecule has 1 heterocycles. The van der Waals surface area contributed by atoms with Gasteiger partial charge in [-0.25, -0.2) is 4.79 Å². The van der Waals surface area contributed by atoms with Crippen LogP contribution in [0.1, 0.15) is 48.9 Å². The first kappa shape index (κ1) is 14.7. The first-order valence-electron chi connectivity index (χ1n) is 7.48. The van der Waals surface area contributed by atoms with Crippen LogP contribution in [0.15, 0.2) is 29.2 Å². The average Bonchev–Trinajstić information content (AvgIpc) is 3.09. The molecule has 21 heavy (non-hydrogen) atoms. The topological polar surface area (TPSA) is 63.6 Å². The highest BCUT2D eigenvalue weighted by molar-refractivity contribution is 7.85. The van der Waals surface area contributed by atoms with Gasteiger partial charge >= 0.3 is 5.97 Å². The highest BCUT2D eigenvalue weighted by Crippen LogP contribution is 2.43. The van der Waals surface area contributed by atoms with Crippen molar-refractivity contribution in [3.63, 3.8) is 0 Å². The monoisotopic (exact) mass is 308 g/mol. The Morgan fingerprint density at radius 3 is 2.52 bits per heavy atom. The highest BCUT2D eigenvalue weighted by atomic mass is 32.2. The number of benzene rings is 1. The molecule has 2 fully saturated rings. The number of carboxylic acids is 1. The van der Waals surface area contributed by atoms with E-state index in [-0.39, 0.29) is 17.3 Å². The minimum absolute atomic E-state index is 0.0715. The van der Waals surface area contributed by atoms with Gasteiger partial charge in [-0.15, -0.1) is 0 Å². The second kappa shape index (κ2) is 5.89. The molecule has 1 aromatic carbocycles. The third kappa shape index (κ3) is 3.19. The summed E-state index contributed by atoms with van der Waals surface area (Å²) in [6.45, 7) is 0. The van der Waals surface area contributed by atoms with Crippen molar-refractivity contribution in [2.24, 2.45) is 0 Å². The molecule has 3 rings (SSSR count). The van der Waals surface area contributed by atoms with E-state index in [0.717, 1.165) is 25.7 Å². The molecule has 5 heteroatoms. The van der Waals surface area contributed by atoms with Crippen LogP contribution < -0.4 is 0 Å². The highest BCUT2D eigenvalue weighted by Gasteiger charge is 2.42. The van der Waals surface area contributed by atoms with Gasteiger partial charge in [0, 0.05) is 4.90 Å². The van der Waals surface area contributed by atoms with Gasteiger partial charge in [-0.3, -0.25) is 4.21 Å². The maximum absolute atomic E-state index is 12.4. The first-order chi connectivity index (χ1) is 10.1. The Hall–Kier alpha value is -1.20. The van der Waals surface area contributed by atoms with Crippen LogP contribution in [0.4, 0.5) is 0 Å². The van der Waals surface area contributed by atoms with Gasteiger partial charge < -0.3 is 9.84 Å². The van der Waals surface area contributed by atoms with Crippen molar-refractivity contribution in [1.29, 1.82) is 0 Å². The van der Waals surface area contributed by atoms with E-state index in [9.17, 15) is 9.00 Å².